The average molecular weight is 416 g/mol. The Morgan fingerprint density at radius 1 is 1.04 bits per heavy atom. The number of benzene rings is 2. The van der Waals surface area contributed by atoms with E-state index in [1.807, 2.05) is 19.1 Å². The van der Waals surface area contributed by atoms with Gasteiger partial charge in [-0.2, -0.15) is 0 Å². The Morgan fingerprint density at radius 2 is 1.62 bits per heavy atom. The van der Waals surface area contributed by atoms with Crippen LogP contribution in [0.15, 0.2) is 35.2 Å². The molecule has 0 fully saturated rings. The van der Waals surface area contributed by atoms with Gasteiger partial charge >= 0.3 is 5.97 Å². The van der Waals surface area contributed by atoms with Gasteiger partial charge in [0.1, 0.15) is 0 Å². The number of anilines is 1. The van der Waals surface area contributed by atoms with Crippen molar-refractivity contribution < 1.29 is 18.3 Å². The molecule has 0 bridgehead atoms. The van der Waals surface area contributed by atoms with Crippen LogP contribution < -0.4 is 4.31 Å². The molecule has 0 aromatic heterocycles. The van der Waals surface area contributed by atoms with Gasteiger partial charge in [0.25, 0.3) is 10.0 Å². The largest absolute Gasteiger partial charge is 0.481 e. The van der Waals surface area contributed by atoms with Crippen LogP contribution in [-0.4, -0.2) is 26.0 Å². The molecule has 0 radical (unpaired) electrons. The van der Waals surface area contributed by atoms with Crippen LogP contribution in [-0.2, 0) is 14.8 Å². The summed E-state index contributed by atoms with van der Waals surface area (Å²) < 4.78 is 27.6. The minimum Gasteiger partial charge on any atom is -0.481 e. The summed E-state index contributed by atoms with van der Waals surface area (Å²) in [6, 6.07) is 7.75. The lowest BCUT2D eigenvalue weighted by atomic mass is 10.1. The third-order valence-electron chi connectivity index (χ3n) is 3.89. The number of carbonyl (C=O) groups is 1. The van der Waals surface area contributed by atoms with E-state index in [4.69, 9.17) is 28.3 Å². The molecule has 1 N–H and O–H groups in total. The summed E-state index contributed by atoms with van der Waals surface area (Å²) in [7, 11) is -4.02. The number of carboxylic acid groups (broad SMARTS) is 1. The number of aryl methyl sites for hydroxylation is 3. The summed E-state index contributed by atoms with van der Waals surface area (Å²) >= 11 is 11.9. The second kappa shape index (κ2) is 7.86. The van der Waals surface area contributed by atoms with Gasteiger partial charge in [0, 0.05) is 6.54 Å². The molecular formula is C18H19Cl2NO4S. The molecule has 2 aromatic carbocycles. The number of sulfonamides is 1. The van der Waals surface area contributed by atoms with Crippen LogP contribution in [0, 0.1) is 20.8 Å². The van der Waals surface area contributed by atoms with Gasteiger partial charge in [-0.15, -0.1) is 0 Å². The summed E-state index contributed by atoms with van der Waals surface area (Å²) in [5.74, 6) is -1.08. The zero-order valence-corrected chi connectivity index (χ0v) is 16.9. The van der Waals surface area contributed by atoms with Crippen LogP contribution in [0.3, 0.4) is 0 Å². The van der Waals surface area contributed by atoms with Crippen LogP contribution >= 0.6 is 23.2 Å². The SMILES string of the molecule is Cc1cc(C)c(N(CCC(=O)O)S(=O)(=O)c2ccc(Cl)c(Cl)c2)c(C)c1. The van der Waals surface area contributed by atoms with Crippen molar-refractivity contribution >= 4 is 44.9 Å². The third kappa shape index (κ3) is 4.31. The highest BCUT2D eigenvalue weighted by Gasteiger charge is 2.28. The van der Waals surface area contributed by atoms with Crippen molar-refractivity contribution in [1.29, 1.82) is 0 Å². The summed E-state index contributed by atoms with van der Waals surface area (Å²) in [5.41, 5.74) is 2.96. The molecule has 0 spiro atoms. The monoisotopic (exact) mass is 415 g/mol. The fraction of sp³-hybridized carbons (Fsp3) is 0.278. The van der Waals surface area contributed by atoms with E-state index in [9.17, 15) is 13.2 Å². The fourth-order valence-electron chi connectivity index (χ4n) is 2.88. The highest BCUT2D eigenvalue weighted by Crippen LogP contribution is 2.33. The predicted molar refractivity (Wildman–Crippen MR) is 104 cm³/mol. The van der Waals surface area contributed by atoms with Gasteiger partial charge in [0.15, 0.2) is 0 Å². The Morgan fingerprint density at radius 3 is 2.12 bits per heavy atom. The van der Waals surface area contributed by atoms with Gasteiger partial charge in [-0.05, 0) is 50.1 Å². The molecule has 0 heterocycles. The van der Waals surface area contributed by atoms with E-state index in [1.165, 1.54) is 18.2 Å². The average Bonchev–Trinajstić information content (AvgIpc) is 2.51. The lowest BCUT2D eigenvalue weighted by Gasteiger charge is -2.27. The molecule has 0 unspecified atom stereocenters. The van der Waals surface area contributed by atoms with E-state index in [-0.39, 0.29) is 27.9 Å². The highest BCUT2D eigenvalue weighted by molar-refractivity contribution is 7.92. The lowest BCUT2D eigenvalue weighted by molar-refractivity contribution is -0.136. The fourth-order valence-corrected chi connectivity index (χ4v) is 4.86. The van der Waals surface area contributed by atoms with E-state index in [0.717, 1.165) is 21.0 Å². The van der Waals surface area contributed by atoms with Crippen molar-refractivity contribution in [2.24, 2.45) is 0 Å². The summed E-state index contributed by atoms with van der Waals surface area (Å²) in [4.78, 5) is 11.0. The van der Waals surface area contributed by atoms with Crippen molar-refractivity contribution in [2.75, 3.05) is 10.8 Å². The van der Waals surface area contributed by atoms with Crippen LogP contribution in [0.2, 0.25) is 10.0 Å². The molecule has 26 heavy (non-hydrogen) atoms. The first-order valence-corrected chi connectivity index (χ1v) is 10.0. The van der Waals surface area contributed by atoms with Gasteiger partial charge in [-0.1, -0.05) is 40.9 Å². The molecule has 2 aromatic rings. The van der Waals surface area contributed by atoms with Gasteiger partial charge in [0.2, 0.25) is 0 Å². The van der Waals surface area contributed by atoms with Crippen molar-refractivity contribution in [3.05, 3.63) is 57.1 Å². The minimum atomic E-state index is -4.02. The first kappa shape index (κ1) is 20.6. The van der Waals surface area contributed by atoms with E-state index >= 15 is 0 Å². The van der Waals surface area contributed by atoms with Gasteiger partial charge in [-0.3, -0.25) is 9.10 Å². The standard InChI is InChI=1S/C18H19Cl2NO4S/c1-11-8-12(2)18(13(3)9-11)21(7-6-17(22)23)26(24,25)14-4-5-15(19)16(20)10-14/h4-5,8-10H,6-7H2,1-3H3,(H,22,23). The van der Waals surface area contributed by atoms with Crippen molar-refractivity contribution in [2.45, 2.75) is 32.1 Å². The molecule has 2 rings (SSSR count). The first-order chi connectivity index (χ1) is 12.0. The Bertz CT molecular complexity index is 935. The molecule has 0 saturated heterocycles. The van der Waals surface area contributed by atoms with Crippen molar-refractivity contribution in [3.63, 3.8) is 0 Å². The molecule has 0 atom stereocenters. The van der Waals surface area contributed by atoms with Crippen molar-refractivity contribution in [3.8, 4) is 0 Å². The van der Waals surface area contributed by atoms with Crippen molar-refractivity contribution in [1.82, 2.24) is 0 Å². The number of carboxylic acids is 1. The maximum absolute atomic E-state index is 13.2. The normalized spacial score (nSPS) is 11.4. The number of rotatable bonds is 6. The maximum Gasteiger partial charge on any atom is 0.305 e. The Kier molecular flexibility index (Phi) is 6.21. The second-order valence-electron chi connectivity index (χ2n) is 6.04. The summed E-state index contributed by atoms with van der Waals surface area (Å²) in [6.45, 7) is 5.32. The number of hydrogen-bond acceptors (Lipinski definition) is 3. The number of aliphatic carboxylic acids is 1. The molecule has 0 amide bonds. The van der Waals surface area contributed by atoms with Gasteiger partial charge in [-0.25, -0.2) is 8.42 Å². The Hall–Kier alpha value is -1.76. The summed E-state index contributed by atoms with van der Waals surface area (Å²) in [6.07, 6.45) is -0.326. The Balaban J connectivity index is 2.64. The molecule has 0 saturated carbocycles. The van der Waals surface area contributed by atoms with Crippen LogP contribution in [0.1, 0.15) is 23.1 Å². The maximum atomic E-state index is 13.2. The molecule has 0 aliphatic rings. The quantitative estimate of drug-likeness (QED) is 0.748. The first-order valence-electron chi connectivity index (χ1n) is 7.81. The van der Waals surface area contributed by atoms with E-state index in [2.05, 4.69) is 0 Å². The number of nitrogens with zero attached hydrogens (tertiary/aromatic N) is 1. The molecule has 0 aliphatic carbocycles. The lowest BCUT2D eigenvalue weighted by Crippen LogP contribution is -2.34. The minimum absolute atomic E-state index is 0.0448. The number of hydrogen-bond donors (Lipinski definition) is 1. The van der Waals surface area contributed by atoms with E-state index < -0.39 is 16.0 Å². The molecule has 0 aliphatic heterocycles. The third-order valence-corrected chi connectivity index (χ3v) is 6.43. The van der Waals surface area contributed by atoms with Crippen LogP contribution in [0.25, 0.3) is 0 Å². The predicted octanol–water partition coefficient (Wildman–Crippen LogP) is 4.59. The van der Waals surface area contributed by atoms with E-state index in [1.54, 1.807) is 13.8 Å². The topological polar surface area (TPSA) is 74.7 Å². The highest BCUT2D eigenvalue weighted by atomic mass is 35.5. The van der Waals surface area contributed by atoms with Gasteiger partial charge in [0.05, 0.1) is 27.0 Å². The zero-order valence-electron chi connectivity index (χ0n) is 14.6. The zero-order chi connectivity index (χ0) is 19.6. The Labute approximate surface area is 163 Å². The summed E-state index contributed by atoms with van der Waals surface area (Å²) in [5, 5.41) is 9.40. The smallest absolute Gasteiger partial charge is 0.305 e. The molecule has 5 nitrogen and oxygen atoms in total. The van der Waals surface area contributed by atoms with Gasteiger partial charge < -0.3 is 5.11 Å². The number of halogens is 2. The molecule has 8 heteroatoms. The molecule has 140 valence electrons. The molecular weight excluding hydrogens is 397 g/mol. The van der Waals surface area contributed by atoms with E-state index in [0.29, 0.717) is 5.69 Å². The van der Waals surface area contributed by atoms with Crippen LogP contribution in [0.5, 0.6) is 0 Å². The second-order valence-corrected chi connectivity index (χ2v) is 8.72. The van der Waals surface area contributed by atoms with Crippen LogP contribution in [0.4, 0.5) is 5.69 Å².